The Kier molecular flexibility index (Phi) is 8.01. The Morgan fingerprint density at radius 1 is 0.660 bits per heavy atom. The molecular formula is C43H36N4O3. The number of hydrogen-bond acceptors (Lipinski definition) is 5. The molecule has 0 radical (unpaired) electrons. The fourth-order valence-corrected chi connectivity index (χ4v) is 6.70. The van der Waals surface area contributed by atoms with Crippen molar-refractivity contribution in [3.05, 3.63) is 156 Å². The SMILES string of the molecule is COc1cc(Oc2ccc3c4ccccc4n(-c4cc(C)ccn4)c3c2)cc(-n2cc(-c3c(C)cc(OCc4ccccc4)cc3C)cn2)c1. The van der Waals surface area contributed by atoms with E-state index in [1.165, 1.54) is 0 Å². The molecule has 0 atom stereocenters. The normalized spacial score (nSPS) is 11.3. The van der Waals surface area contributed by atoms with Gasteiger partial charge in [-0.25, -0.2) is 9.67 Å². The van der Waals surface area contributed by atoms with Crippen LogP contribution in [0.4, 0.5) is 0 Å². The summed E-state index contributed by atoms with van der Waals surface area (Å²) in [5.74, 6) is 3.73. The Balaban J connectivity index is 1.10. The molecule has 7 heteroatoms. The van der Waals surface area contributed by atoms with Crippen LogP contribution in [0.15, 0.2) is 134 Å². The molecule has 0 unspecified atom stereocenters. The van der Waals surface area contributed by atoms with Crippen LogP contribution < -0.4 is 14.2 Å². The topological polar surface area (TPSA) is 63.3 Å². The van der Waals surface area contributed by atoms with E-state index in [9.17, 15) is 0 Å². The van der Waals surface area contributed by atoms with Gasteiger partial charge in [-0.2, -0.15) is 5.10 Å². The third-order valence-corrected chi connectivity index (χ3v) is 9.00. The highest BCUT2D eigenvalue weighted by Crippen LogP contribution is 2.37. The van der Waals surface area contributed by atoms with Crippen LogP contribution in [0.2, 0.25) is 0 Å². The van der Waals surface area contributed by atoms with Gasteiger partial charge >= 0.3 is 0 Å². The van der Waals surface area contributed by atoms with Crippen molar-refractivity contribution in [3.63, 3.8) is 0 Å². The molecule has 0 aliphatic rings. The standard InChI is InChI=1S/C43H36N4O3/c1-28-16-17-44-42(18-28)47-40-13-9-8-12-38(40)39-15-14-34(24-41(39)47)50-37-22-33(21-35(23-37)48-4)46-26-32(25-45-46)43-29(2)19-36(20-30(43)3)49-27-31-10-6-5-7-11-31/h5-26H,27H2,1-4H3. The molecule has 8 aromatic rings. The van der Waals surface area contributed by atoms with E-state index in [1.54, 1.807) is 7.11 Å². The van der Waals surface area contributed by atoms with Gasteiger partial charge in [0.2, 0.25) is 0 Å². The molecule has 3 heterocycles. The van der Waals surface area contributed by atoms with Crippen LogP contribution in [0.5, 0.6) is 23.0 Å². The smallest absolute Gasteiger partial charge is 0.137 e. The first-order valence-corrected chi connectivity index (χ1v) is 16.6. The Bertz CT molecular complexity index is 2470. The van der Waals surface area contributed by atoms with E-state index in [0.29, 0.717) is 23.9 Å². The summed E-state index contributed by atoms with van der Waals surface area (Å²) >= 11 is 0. The second-order valence-corrected chi connectivity index (χ2v) is 12.6. The quantitative estimate of drug-likeness (QED) is 0.155. The number of hydrogen-bond donors (Lipinski definition) is 0. The van der Waals surface area contributed by atoms with Crippen LogP contribution in [0, 0.1) is 20.8 Å². The molecule has 3 aromatic heterocycles. The Morgan fingerprint density at radius 2 is 1.42 bits per heavy atom. The summed E-state index contributed by atoms with van der Waals surface area (Å²) in [7, 11) is 1.66. The highest BCUT2D eigenvalue weighted by atomic mass is 16.5. The number of nitrogens with zero attached hydrogens (tertiary/aromatic N) is 4. The van der Waals surface area contributed by atoms with Crippen molar-refractivity contribution in [3.8, 4) is 45.6 Å². The van der Waals surface area contributed by atoms with Crippen molar-refractivity contribution in [2.45, 2.75) is 27.4 Å². The molecule has 7 nitrogen and oxygen atoms in total. The molecule has 0 saturated heterocycles. The van der Waals surface area contributed by atoms with E-state index >= 15 is 0 Å². The van der Waals surface area contributed by atoms with Crippen LogP contribution in [-0.2, 0) is 6.61 Å². The van der Waals surface area contributed by atoms with E-state index < -0.39 is 0 Å². The number of aromatic nitrogens is 4. The minimum atomic E-state index is 0.526. The molecule has 50 heavy (non-hydrogen) atoms. The van der Waals surface area contributed by atoms with Gasteiger partial charge in [0.05, 0.1) is 30.0 Å². The predicted molar refractivity (Wildman–Crippen MR) is 199 cm³/mol. The number of fused-ring (bicyclic) bond motifs is 3. The van der Waals surface area contributed by atoms with Crippen molar-refractivity contribution < 1.29 is 14.2 Å². The number of para-hydroxylation sites is 1. The van der Waals surface area contributed by atoms with Crippen LogP contribution in [-0.4, -0.2) is 26.4 Å². The van der Waals surface area contributed by atoms with Gasteiger partial charge in [-0.3, -0.25) is 4.57 Å². The van der Waals surface area contributed by atoms with Gasteiger partial charge in [-0.15, -0.1) is 0 Å². The van der Waals surface area contributed by atoms with Gasteiger partial charge in [0, 0.05) is 53.0 Å². The average Bonchev–Trinajstić information content (AvgIpc) is 3.74. The lowest BCUT2D eigenvalue weighted by Crippen LogP contribution is -1.98. The van der Waals surface area contributed by atoms with E-state index in [2.05, 4.69) is 92.1 Å². The maximum atomic E-state index is 6.53. The van der Waals surface area contributed by atoms with Gasteiger partial charge in [-0.05, 0) is 91.1 Å². The first-order chi connectivity index (χ1) is 24.4. The highest BCUT2D eigenvalue weighted by Gasteiger charge is 2.16. The third-order valence-electron chi connectivity index (χ3n) is 9.00. The molecule has 0 saturated carbocycles. The first-order valence-electron chi connectivity index (χ1n) is 16.6. The summed E-state index contributed by atoms with van der Waals surface area (Å²) in [5.41, 5.74) is 9.61. The minimum absolute atomic E-state index is 0.526. The molecule has 0 spiro atoms. The molecular weight excluding hydrogens is 620 g/mol. The second-order valence-electron chi connectivity index (χ2n) is 12.6. The largest absolute Gasteiger partial charge is 0.497 e. The lowest BCUT2D eigenvalue weighted by atomic mass is 9.98. The summed E-state index contributed by atoms with van der Waals surface area (Å²) < 4.78 is 22.4. The van der Waals surface area contributed by atoms with E-state index in [4.69, 9.17) is 24.3 Å². The zero-order chi connectivity index (χ0) is 34.2. The highest BCUT2D eigenvalue weighted by molar-refractivity contribution is 6.09. The minimum Gasteiger partial charge on any atom is -0.497 e. The summed E-state index contributed by atoms with van der Waals surface area (Å²) in [5, 5.41) is 7.04. The Morgan fingerprint density at radius 3 is 2.22 bits per heavy atom. The molecule has 0 fully saturated rings. The van der Waals surface area contributed by atoms with E-state index in [-0.39, 0.29) is 0 Å². The fraction of sp³-hybridized carbons (Fsp3) is 0.116. The van der Waals surface area contributed by atoms with Crippen molar-refractivity contribution in [1.82, 2.24) is 19.3 Å². The number of pyridine rings is 1. The Hall–Kier alpha value is -6.34. The zero-order valence-corrected chi connectivity index (χ0v) is 28.4. The first kappa shape index (κ1) is 31.0. The summed E-state index contributed by atoms with van der Waals surface area (Å²) in [6, 6.07) is 38.9. The number of aryl methyl sites for hydroxylation is 3. The van der Waals surface area contributed by atoms with Crippen LogP contribution in [0.1, 0.15) is 22.3 Å². The van der Waals surface area contributed by atoms with Gasteiger partial charge in [-0.1, -0.05) is 48.5 Å². The van der Waals surface area contributed by atoms with Crippen LogP contribution in [0.25, 0.3) is 44.4 Å². The number of benzene rings is 5. The second kappa shape index (κ2) is 12.9. The molecule has 0 aliphatic heterocycles. The fourth-order valence-electron chi connectivity index (χ4n) is 6.70. The molecule has 0 N–H and O–H groups in total. The maximum absolute atomic E-state index is 6.53. The molecule has 5 aromatic carbocycles. The lowest BCUT2D eigenvalue weighted by Gasteiger charge is -2.13. The van der Waals surface area contributed by atoms with Gasteiger partial charge in [0.15, 0.2) is 0 Å². The molecule has 8 rings (SSSR count). The molecule has 0 aliphatic carbocycles. The molecule has 246 valence electrons. The van der Waals surface area contributed by atoms with Gasteiger partial charge in [0.1, 0.15) is 35.4 Å². The van der Waals surface area contributed by atoms with Crippen LogP contribution >= 0.6 is 0 Å². The summed E-state index contributed by atoms with van der Waals surface area (Å²) in [4.78, 5) is 4.71. The monoisotopic (exact) mass is 656 g/mol. The maximum Gasteiger partial charge on any atom is 0.137 e. The van der Waals surface area contributed by atoms with Crippen molar-refractivity contribution in [2.75, 3.05) is 7.11 Å². The zero-order valence-electron chi connectivity index (χ0n) is 28.4. The van der Waals surface area contributed by atoms with Crippen LogP contribution in [0.3, 0.4) is 0 Å². The van der Waals surface area contributed by atoms with E-state index in [0.717, 1.165) is 72.4 Å². The van der Waals surface area contributed by atoms with Crippen molar-refractivity contribution in [1.29, 1.82) is 0 Å². The Labute approximate surface area is 290 Å². The summed E-state index contributed by atoms with van der Waals surface area (Å²) in [6.07, 6.45) is 5.78. The number of rotatable bonds is 9. The number of ether oxygens (including phenoxy) is 3. The third kappa shape index (κ3) is 5.94. The average molecular weight is 657 g/mol. The van der Waals surface area contributed by atoms with Crippen molar-refractivity contribution in [2.24, 2.45) is 0 Å². The van der Waals surface area contributed by atoms with E-state index in [1.807, 2.05) is 71.8 Å². The van der Waals surface area contributed by atoms with Gasteiger partial charge in [0.25, 0.3) is 0 Å². The predicted octanol–water partition coefficient (Wildman–Crippen LogP) is 10.3. The van der Waals surface area contributed by atoms with Gasteiger partial charge < -0.3 is 14.2 Å². The van der Waals surface area contributed by atoms with Crippen molar-refractivity contribution >= 4 is 21.8 Å². The summed E-state index contributed by atoms with van der Waals surface area (Å²) in [6.45, 7) is 6.83. The molecule has 0 amide bonds. The number of methoxy groups -OCH3 is 1. The molecule has 0 bridgehead atoms. The lowest BCUT2D eigenvalue weighted by molar-refractivity contribution is 0.306.